The maximum Gasteiger partial charge on any atom is 0.189 e. The van der Waals surface area contributed by atoms with Gasteiger partial charge in [-0.1, -0.05) is 30.3 Å². The number of carbonyl (C=O) groups is 1. The van der Waals surface area contributed by atoms with Crippen LogP contribution >= 0.6 is 0 Å². The van der Waals surface area contributed by atoms with E-state index in [1.54, 1.807) is 12.1 Å². The van der Waals surface area contributed by atoms with Gasteiger partial charge in [-0.25, -0.2) is 5.06 Å². The lowest BCUT2D eigenvalue weighted by Gasteiger charge is -2.28. The van der Waals surface area contributed by atoms with Crippen LogP contribution in [0.2, 0.25) is 0 Å². The Kier molecular flexibility index (Phi) is 3.13. The number of rotatable bonds is 2. The van der Waals surface area contributed by atoms with E-state index in [2.05, 4.69) is 5.32 Å². The molecule has 18 heavy (non-hydrogen) atoms. The number of hydrogen-bond donors (Lipinski definition) is 2. The Morgan fingerprint density at radius 1 is 1.39 bits per heavy atom. The molecule has 1 aromatic rings. The lowest BCUT2D eigenvalue weighted by Crippen LogP contribution is -2.42. The Morgan fingerprint density at radius 3 is 2.50 bits per heavy atom. The predicted octanol–water partition coefficient (Wildman–Crippen LogP) is 2.17. The molecule has 0 saturated carbocycles. The predicted molar refractivity (Wildman–Crippen MR) is 69.2 cm³/mol. The summed E-state index contributed by atoms with van der Waals surface area (Å²) in [7, 11) is 0. The summed E-state index contributed by atoms with van der Waals surface area (Å²) in [6.45, 7) is 5.80. The van der Waals surface area contributed by atoms with Gasteiger partial charge in [-0.2, -0.15) is 0 Å². The van der Waals surface area contributed by atoms with Gasteiger partial charge in [0, 0.05) is 17.7 Å². The third-order valence-corrected chi connectivity index (χ3v) is 3.52. The van der Waals surface area contributed by atoms with Crippen molar-refractivity contribution in [3.63, 3.8) is 0 Å². The van der Waals surface area contributed by atoms with E-state index in [1.807, 2.05) is 39.0 Å². The van der Waals surface area contributed by atoms with Crippen LogP contribution in [0.15, 0.2) is 42.2 Å². The fraction of sp³-hybridized carbons (Fsp3) is 0.357. The van der Waals surface area contributed by atoms with Gasteiger partial charge in [0.25, 0.3) is 0 Å². The van der Waals surface area contributed by atoms with Gasteiger partial charge in [0.1, 0.15) is 5.82 Å². The minimum Gasteiger partial charge on any atom is -0.365 e. The van der Waals surface area contributed by atoms with Crippen molar-refractivity contribution in [3.8, 4) is 0 Å². The molecule has 0 amide bonds. The molecule has 0 bridgehead atoms. The number of benzene rings is 1. The van der Waals surface area contributed by atoms with Crippen molar-refractivity contribution in [2.24, 2.45) is 0 Å². The van der Waals surface area contributed by atoms with E-state index in [0.29, 0.717) is 11.4 Å². The summed E-state index contributed by atoms with van der Waals surface area (Å²) in [5.74, 6) is 0.323. The van der Waals surface area contributed by atoms with Crippen LogP contribution in [-0.4, -0.2) is 27.6 Å². The maximum atomic E-state index is 12.0. The quantitative estimate of drug-likeness (QED) is 0.620. The molecule has 1 fully saturated rings. The first-order valence-corrected chi connectivity index (χ1v) is 5.99. The van der Waals surface area contributed by atoms with E-state index < -0.39 is 5.54 Å². The van der Waals surface area contributed by atoms with Crippen molar-refractivity contribution in [2.75, 3.05) is 0 Å². The average molecular weight is 246 g/mol. The van der Waals surface area contributed by atoms with Crippen LogP contribution in [0.25, 0.3) is 0 Å². The standard InChI is InChI=1S/C14H18N2O2/c1-10-14(2,3)16(18)13(15-10)9-12(17)11-7-5-4-6-8-11/h4-10,15,18H,1-3H3/b13-9-. The van der Waals surface area contributed by atoms with E-state index in [9.17, 15) is 10.0 Å². The fourth-order valence-corrected chi connectivity index (χ4v) is 1.87. The second kappa shape index (κ2) is 4.46. The summed E-state index contributed by atoms with van der Waals surface area (Å²) in [5.41, 5.74) is 0.181. The highest BCUT2D eigenvalue weighted by Gasteiger charge is 2.40. The normalized spacial score (nSPS) is 24.1. The lowest BCUT2D eigenvalue weighted by atomic mass is 9.98. The van der Waals surface area contributed by atoms with Crippen LogP contribution in [0, 0.1) is 0 Å². The lowest BCUT2D eigenvalue weighted by molar-refractivity contribution is -0.113. The van der Waals surface area contributed by atoms with Crippen molar-refractivity contribution in [2.45, 2.75) is 32.4 Å². The summed E-state index contributed by atoms with van der Waals surface area (Å²) in [6, 6.07) is 9.07. The van der Waals surface area contributed by atoms with E-state index in [0.717, 1.165) is 5.06 Å². The van der Waals surface area contributed by atoms with Gasteiger partial charge in [0.05, 0.1) is 5.54 Å². The minimum absolute atomic E-state index is 0.0670. The molecule has 1 saturated heterocycles. The monoisotopic (exact) mass is 246 g/mol. The summed E-state index contributed by atoms with van der Waals surface area (Å²) < 4.78 is 0. The van der Waals surface area contributed by atoms with Gasteiger partial charge in [-0.15, -0.1) is 0 Å². The fourth-order valence-electron chi connectivity index (χ4n) is 1.87. The number of hydroxylamine groups is 2. The molecular weight excluding hydrogens is 228 g/mol. The minimum atomic E-state index is -0.428. The van der Waals surface area contributed by atoms with Crippen LogP contribution < -0.4 is 5.32 Å². The first-order chi connectivity index (χ1) is 8.43. The SMILES string of the molecule is CC1N/C(=C/C(=O)c2ccccc2)N(O)C1(C)C. The van der Waals surface area contributed by atoms with E-state index in [-0.39, 0.29) is 11.8 Å². The summed E-state index contributed by atoms with van der Waals surface area (Å²) in [4.78, 5) is 12.0. The van der Waals surface area contributed by atoms with E-state index in [1.165, 1.54) is 6.08 Å². The van der Waals surface area contributed by atoms with Crippen molar-refractivity contribution in [1.82, 2.24) is 10.4 Å². The number of nitrogens with zero attached hydrogens (tertiary/aromatic N) is 1. The molecule has 2 rings (SSSR count). The molecule has 1 unspecified atom stereocenters. The molecule has 96 valence electrons. The topological polar surface area (TPSA) is 52.6 Å². The number of hydrogen-bond acceptors (Lipinski definition) is 4. The van der Waals surface area contributed by atoms with E-state index >= 15 is 0 Å². The van der Waals surface area contributed by atoms with Gasteiger partial charge in [0.2, 0.25) is 0 Å². The second-order valence-electron chi connectivity index (χ2n) is 5.09. The molecule has 1 aliphatic heterocycles. The summed E-state index contributed by atoms with van der Waals surface area (Å²) in [5, 5.41) is 14.3. The highest BCUT2D eigenvalue weighted by molar-refractivity contribution is 6.04. The van der Waals surface area contributed by atoms with Crippen molar-refractivity contribution in [3.05, 3.63) is 47.8 Å². The Balaban J connectivity index is 2.23. The Hall–Kier alpha value is -1.81. The maximum absolute atomic E-state index is 12.0. The number of nitrogens with one attached hydrogen (secondary N) is 1. The molecular formula is C14H18N2O2. The largest absolute Gasteiger partial charge is 0.365 e. The summed E-state index contributed by atoms with van der Waals surface area (Å²) in [6.07, 6.45) is 1.43. The third kappa shape index (κ3) is 2.11. The molecule has 2 N–H and O–H groups in total. The first-order valence-electron chi connectivity index (χ1n) is 5.99. The molecule has 0 aromatic heterocycles. The molecule has 0 spiro atoms. The first kappa shape index (κ1) is 12.6. The molecule has 0 radical (unpaired) electrons. The van der Waals surface area contributed by atoms with E-state index in [4.69, 9.17) is 0 Å². The van der Waals surface area contributed by atoms with Gasteiger partial charge in [-0.3, -0.25) is 10.0 Å². The van der Waals surface area contributed by atoms with Crippen molar-refractivity contribution >= 4 is 5.78 Å². The number of allylic oxidation sites excluding steroid dienone is 1. The smallest absolute Gasteiger partial charge is 0.189 e. The van der Waals surface area contributed by atoms with Crippen LogP contribution in [-0.2, 0) is 0 Å². The van der Waals surface area contributed by atoms with Crippen LogP contribution in [0.3, 0.4) is 0 Å². The molecule has 4 heteroatoms. The Morgan fingerprint density at radius 2 is 2.00 bits per heavy atom. The number of ketones is 1. The highest BCUT2D eigenvalue weighted by atomic mass is 16.5. The third-order valence-electron chi connectivity index (χ3n) is 3.52. The zero-order chi connectivity index (χ0) is 13.3. The Bertz CT molecular complexity index is 480. The zero-order valence-electron chi connectivity index (χ0n) is 10.8. The van der Waals surface area contributed by atoms with Gasteiger partial charge >= 0.3 is 0 Å². The average Bonchev–Trinajstić information content (AvgIpc) is 2.54. The molecule has 1 aliphatic rings. The molecule has 1 heterocycles. The van der Waals surface area contributed by atoms with Gasteiger partial charge in [0.15, 0.2) is 5.78 Å². The Labute approximate surface area is 107 Å². The van der Waals surface area contributed by atoms with Gasteiger partial charge < -0.3 is 5.32 Å². The summed E-state index contributed by atoms with van der Waals surface area (Å²) >= 11 is 0. The van der Waals surface area contributed by atoms with Crippen molar-refractivity contribution in [1.29, 1.82) is 0 Å². The zero-order valence-corrected chi connectivity index (χ0v) is 10.8. The highest BCUT2D eigenvalue weighted by Crippen LogP contribution is 2.27. The number of carbonyl (C=O) groups excluding carboxylic acids is 1. The van der Waals surface area contributed by atoms with Crippen LogP contribution in [0.4, 0.5) is 0 Å². The second-order valence-corrected chi connectivity index (χ2v) is 5.09. The molecule has 1 atom stereocenters. The van der Waals surface area contributed by atoms with Crippen molar-refractivity contribution < 1.29 is 10.0 Å². The van der Waals surface area contributed by atoms with Gasteiger partial charge in [-0.05, 0) is 20.8 Å². The van der Waals surface area contributed by atoms with Crippen LogP contribution in [0.1, 0.15) is 31.1 Å². The molecule has 4 nitrogen and oxygen atoms in total. The molecule has 0 aliphatic carbocycles. The van der Waals surface area contributed by atoms with Crippen LogP contribution in [0.5, 0.6) is 0 Å². The molecule has 1 aromatic carbocycles.